The predicted octanol–water partition coefficient (Wildman–Crippen LogP) is 3.94. The number of hydrogen-bond acceptors (Lipinski definition) is 4. The first-order chi connectivity index (χ1) is 12.6. The van der Waals surface area contributed by atoms with E-state index >= 15 is 0 Å². The van der Waals surface area contributed by atoms with Gasteiger partial charge in [0.15, 0.2) is 0 Å². The van der Waals surface area contributed by atoms with Crippen LogP contribution in [0.4, 0.5) is 0 Å². The van der Waals surface area contributed by atoms with E-state index in [-0.39, 0.29) is 31.4 Å². The molecule has 0 atom stereocenters. The van der Waals surface area contributed by atoms with E-state index in [1.54, 1.807) is 42.2 Å². The van der Waals surface area contributed by atoms with Crippen molar-refractivity contribution >= 4 is 23.5 Å². The van der Waals surface area contributed by atoms with Crippen LogP contribution in [0, 0.1) is 0 Å². The summed E-state index contributed by atoms with van der Waals surface area (Å²) in [5.41, 5.74) is 1.24. The van der Waals surface area contributed by atoms with E-state index in [0.717, 1.165) is 5.56 Å². The van der Waals surface area contributed by atoms with Crippen molar-refractivity contribution in [3.63, 3.8) is 0 Å². The summed E-state index contributed by atoms with van der Waals surface area (Å²) in [5, 5.41) is 0.571. The first-order valence-electron chi connectivity index (χ1n) is 8.38. The maximum atomic E-state index is 13.1. The summed E-state index contributed by atoms with van der Waals surface area (Å²) in [5.74, 6) is -0.0889. The van der Waals surface area contributed by atoms with Gasteiger partial charge in [0.05, 0.1) is 25.7 Å². The standard InChI is InChI=1S/C20H22ClNO4/c1-3-26-19(23)12-13-22(14-15-8-4-6-10-17(15)21)20(24)16-9-5-7-11-18(16)25-2/h4-11H,3,12-14H2,1-2H3. The maximum absolute atomic E-state index is 13.1. The molecule has 2 rings (SSSR count). The summed E-state index contributed by atoms with van der Waals surface area (Å²) >= 11 is 6.24. The molecule has 0 heterocycles. The van der Waals surface area contributed by atoms with Crippen LogP contribution in [0.1, 0.15) is 29.3 Å². The molecule has 6 heteroatoms. The number of rotatable bonds is 8. The Morgan fingerprint density at radius 3 is 2.46 bits per heavy atom. The minimum atomic E-state index is -0.343. The van der Waals surface area contributed by atoms with E-state index in [1.165, 1.54) is 7.11 Å². The molecule has 0 aliphatic carbocycles. The van der Waals surface area contributed by atoms with Gasteiger partial charge < -0.3 is 14.4 Å². The monoisotopic (exact) mass is 375 g/mol. The molecule has 1 amide bonds. The molecule has 0 bridgehead atoms. The first-order valence-corrected chi connectivity index (χ1v) is 8.76. The number of para-hydroxylation sites is 1. The molecule has 0 saturated heterocycles. The lowest BCUT2D eigenvalue weighted by Gasteiger charge is -2.24. The Kier molecular flexibility index (Phi) is 7.48. The van der Waals surface area contributed by atoms with Gasteiger partial charge in [0.25, 0.3) is 5.91 Å². The van der Waals surface area contributed by atoms with Crippen molar-refractivity contribution in [1.82, 2.24) is 4.90 Å². The number of halogens is 1. The van der Waals surface area contributed by atoms with Crippen molar-refractivity contribution in [3.05, 3.63) is 64.7 Å². The highest BCUT2D eigenvalue weighted by atomic mass is 35.5. The van der Waals surface area contributed by atoms with E-state index in [0.29, 0.717) is 22.9 Å². The van der Waals surface area contributed by atoms with Crippen LogP contribution in [-0.2, 0) is 16.1 Å². The highest BCUT2D eigenvalue weighted by Gasteiger charge is 2.21. The molecule has 2 aromatic rings. The van der Waals surface area contributed by atoms with Crippen LogP contribution >= 0.6 is 11.6 Å². The Hall–Kier alpha value is -2.53. The SMILES string of the molecule is CCOC(=O)CCN(Cc1ccccc1Cl)C(=O)c1ccccc1OC. The van der Waals surface area contributed by atoms with Crippen LogP contribution in [0.15, 0.2) is 48.5 Å². The number of carbonyl (C=O) groups is 2. The normalized spacial score (nSPS) is 10.3. The van der Waals surface area contributed by atoms with E-state index in [1.807, 2.05) is 18.2 Å². The van der Waals surface area contributed by atoms with Crippen molar-refractivity contribution in [1.29, 1.82) is 0 Å². The summed E-state index contributed by atoms with van der Waals surface area (Å²) in [6.45, 7) is 2.57. The summed E-state index contributed by atoms with van der Waals surface area (Å²) in [4.78, 5) is 26.4. The second-order valence-corrected chi connectivity index (χ2v) is 5.98. The van der Waals surface area contributed by atoms with Crippen LogP contribution in [0.25, 0.3) is 0 Å². The van der Waals surface area contributed by atoms with Crippen molar-refractivity contribution in [2.24, 2.45) is 0 Å². The van der Waals surface area contributed by atoms with Gasteiger partial charge in [0.1, 0.15) is 5.75 Å². The molecule has 0 spiro atoms. The number of amides is 1. The summed E-state index contributed by atoms with van der Waals surface area (Å²) < 4.78 is 10.3. The fraction of sp³-hybridized carbons (Fsp3) is 0.300. The van der Waals surface area contributed by atoms with Crippen LogP contribution in [0.3, 0.4) is 0 Å². The molecule has 0 aliphatic heterocycles. The number of ether oxygens (including phenoxy) is 2. The van der Waals surface area contributed by atoms with Gasteiger partial charge >= 0.3 is 5.97 Å². The lowest BCUT2D eigenvalue weighted by atomic mass is 10.1. The van der Waals surface area contributed by atoms with Crippen LogP contribution in [-0.4, -0.2) is 37.0 Å². The fourth-order valence-corrected chi connectivity index (χ4v) is 2.73. The van der Waals surface area contributed by atoms with Gasteiger partial charge in [0.2, 0.25) is 0 Å². The Labute approximate surface area is 158 Å². The Bertz CT molecular complexity index is 763. The fourth-order valence-electron chi connectivity index (χ4n) is 2.54. The number of hydrogen-bond donors (Lipinski definition) is 0. The molecule has 138 valence electrons. The van der Waals surface area contributed by atoms with Gasteiger partial charge in [-0.05, 0) is 30.7 Å². The molecule has 0 N–H and O–H groups in total. The minimum Gasteiger partial charge on any atom is -0.496 e. The number of nitrogens with zero attached hydrogens (tertiary/aromatic N) is 1. The Morgan fingerprint density at radius 2 is 1.77 bits per heavy atom. The summed E-state index contributed by atoms with van der Waals surface area (Å²) in [7, 11) is 1.52. The highest BCUT2D eigenvalue weighted by molar-refractivity contribution is 6.31. The van der Waals surface area contributed by atoms with E-state index in [2.05, 4.69) is 0 Å². The summed E-state index contributed by atoms with van der Waals surface area (Å²) in [6, 6.07) is 14.3. The predicted molar refractivity (Wildman–Crippen MR) is 100 cm³/mol. The van der Waals surface area contributed by atoms with E-state index in [4.69, 9.17) is 21.1 Å². The smallest absolute Gasteiger partial charge is 0.307 e. The number of esters is 1. The molecule has 0 aliphatic rings. The van der Waals surface area contributed by atoms with Crippen molar-refractivity contribution in [2.75, 3.05) is 20.3 Å². The summed E-state index contributed by atoms with van der Waals surface area (Å²) in [6.07, 6.45) is 0.110. The molecule has 0 fully saturated rings. The molecule has 26 heavy (non-hydrogen) atoms. The molecule has 0 unspecified atom stereocenters. The Balaban J connectivity index is 2.25. The molecular weight excluding hydrogens is 354 g/mol. The largest absolute Gasteiger partial charge is 0.496 e. The molecule has 0 radical (unpaired) electrons. The third kappa shape index (κ3) is 5.23. The van der Waals surface area contributed by atoms with Gasteiger partial charge in [-0.3, -0.25) is 9.59 Å². The maximum Gasteiger partial charge on any atom is 0.307 e. The average Bonchev–Trinajstić information content (AvgIpc) is 2.66. The molecule has 0 saturated carbocycles. The molecule has 2 aromatic carbocycles. The van der Waals surface area contributed by atoms with E-state index < -0.39 is 0 Å². The van der Waals surface area contributed by atoms with Crippen LogP contribution in [0.5, 0.6) is 5.75 Å². The van der Waals surface area contributed by atoms with Gasteiger partial charge in [-0.1, -0.05) is 41.9 Å². The molecule has 0 aromatic heterocycles. The zero-order chi connectivity index (χ0) is 18.9. The van der Waals surface area contributed by atoms with Crippen molar-refractivity contribution in [3.8, 4) is 5.75 Å². The van der Waals surface area contributed by atoms with Gasteiger partial charge in [-0.25, -0.2) is 0 Å². The zero-order valence-electron chi connectivity index (χ0n) is 14.9. The van der Waals surface area contributed by atoms with Gasteiger partial charge in [-0.15, -0.1) is 0 Å². The van der Waals surface area contributed by atoms with Crippen LogP contribution < -0.4 is 4.74 Å². The first kappa shape index (κ1) is 19.8. The number of methoxy groups -OCH3 is 1. The van der Waals surface area contributed by atoms with Gasteiger partial charge in [-0.2, -0.15) is 0 Å². The van der Waals surface area contributed by atoms with Crippen LogP contribution in [0.2, 0.25) is 5.02 Å². The van der Waals surface area contributed by atoms with Crippen molar-refractivity contribution < 1.29 is 19.1 Å². The zero-order valence-corrected chi connectivity index (χ0v) is 15.7. The van der Waals surface area contributed by atoms with E-state index in [9.17, 15) is 9.59 Å². The average molecular weight is 376 g/mol. The lowest BCUT2D eigenvalue weighted by Crippen LogP contribution is -2.33. The number of benzene rings is 2. The van der Waals surface area contributed by atoms with Crippen molar-refractivity contribution in [2.45, 2.75) is 19.9 Å². The third-order valence-corrected chi connectivity index (χ3v) is 4.20. The minimum absolute atomic E-state index is 0.110. The topological polar surface area (TPSA) is 55.8 Å². The van der Waals surface area contributed by atoms with Gasteiger partial charge in [0, 0.05) is 18.1 Å². The molecular formula is C20H22ClNO4. The lowest BCUT2D eigenvalue weighted by molar-refractivity contribution is -0.143. The second kappa shape index (κ2) is 9.82. The molecule has 5 nitrogen and oxygen atoms in total. The highest BCUT2D eigenvalue weighted by Crippen LogP contribution is 2.23. The third-order valence-electron chi connectivity index (χ3n) is 3.83. The number of carbonyl (C=O) groups excluding carboxylic acids is 2. The second-order valence-electron chi connectivity index (χ2n) is 5.57. The Morgan fingerprint density at radius 1 is 1.08 bits per heavy atom. The quantitative estimate of drug-likeness (QED) is 0.656.